The maximum Gasteiger partial charge on any atom is 0.174 e. The Hall–Kier alpha value is -1.74. The third kappa shape index (κ3) is 3.67. The van der Waals surface area contributed by atoms with E-state index in [0.29, 0.717) is 6.42 Å². The first-order chi connectivity index (χ1) is 10.3. The van der Waals surface area contributed by atoms with Crippen molar-refractivity contribution in [2.75, 3.05) is 5.75 Å². The van der Waals surface area contributed by atoms with Gasteiger partial charge in [-0.15, -0.1) is 11.8 Å². The third-order valence-electron chi connectivity index (χ3n) is 3.60. The Bertz CT molecular complexity index is 610. The van der Waals surface area contributed by atoms with Crippen LogP contribution in [0, 0.1) is 0 Å². The van der Waals surface area contributed by atoms with Crippen LogP contribution in [0.15, 0.2) is 59.5 Å². The minimum atomic E-state index is -0.291. The van der Waals surface area contributed by atoms with E-state index in [0.717, 1.165) is 29.2 Å². The predicted octanol–water partition coefficient (Wildman–Crippen LogP) is 4.13. The summed E-state index contributed by atoms with van der Waals surface area (Å²) in [6.45, 7) is 0. The van der Waals surface area contributed by atoms with Crippen molar-refractivity contribution in [3.05, 3.63) is 60.2 Å². The second-order valence-corrected chi connectivity index (χ2v) is 6.23. The van der Waals surface area contributed by atoms with Crippen molar-refractivity contribution >= 4 is 17.5 Å². The van der Waals surface area contributed by atoms with Gasteiger partial charge in [0, 0.05) is 17.1 Å². The number of ether oxygens (including phenoxy) is 1. The van der Waals surface area contributed by atoms with Gasteiger partial charge < -0.3 is 4.74 Å². The van der Waals surface area contributed by atoms with Crippen molar-refractivity contribution in [1.82, 2.24) is 0 Å². The first kappa shape index (κ1) is 14.2. The molecule has 108 valence electrons. The van der Waals surface area contributed by atoms with Crippen molar-refractivity contribution in [2.24, 2.45) is 0 Å². The molecule has 1 aliphatic rings. The summed E-state index contributed by atoms with van der Waals surface area (Å²) in [5.74, 6) is 1.78. The van der Waals surface area contributed by atoms with Crippen LogP contribution >= 0.6 is 11.8 Å². The lowest BCUT2D eigenvalue weighted by molar-refractivity contribution is -0.125. The average molecular weight is 298 g/mol. The van der Waals surface area contributed by atoms with E-state index < -0.39 is 0 Å². The van der Waals surface area contributed by atoms with Gasteiger partial charge in [0.1, 0.15) is 5.75 Å². The fourth-order valence-electron chi connectivity index (χ4n) is 2.45. The number of benzene rings is 2. The number of hydrogen-bond acceptors (Lipinski definition) is 3. The summed E-state index contributed by atoms with van der Waals surface area (Å²) in [7, 11) is 0. The molecular weight excluding hydrogens is 280 g/mol. The number of carbonyl (C=O) groups is 1. The summed E-state index contributed by atoms with van der Waals surface area (Å²) < 4.78 is 5.83. The van der Waals surface area contributed by atoms with E-state index in [9.17, 15) is 4.79 Å². The summed E-state index contributed by atoms with van der Waals surface area (Å²) in [5, 5.41) is 0. The van der Waals surface area contributed by atoms with Crippen molar-refractivity contribution in [2.45, 2.75) is 30.3 Å². The smallest absolute Gasteiger partial charge is 0.174 e. The summed E-state index contributed by atoms with van der Waals surface area (Å²) in [5.41, 5.74) is 1.29. The lowest BCUT2D eigenvalue weighted by Gasteiger charge is -2.24. The monoisotopic (exact) mass is 298 g/mol. The van der Waals surface area contributed by atoms with Gasteiger partial charge in [0.2, 0.25) is 0 Å². The SMILES string of the molecule is O=C(CCCc1ccccc1)C1CSc2ccccc2O1. The van der Waals surface area contributed by atoms with Gasteiger partial charge in [-0.25, -0.2) is 0 Å². The molecule has 3 heteroatoms. The molecular formula is C18H18O2S. The molecule has 0 radical (unpaired) electrons. The Balaban J connectivity index is 1.50. The summed E-state index contributed by atoms with van der Waals surface area (Å²) in [6.07, 6.45) is 2.13. The Morgan fingerprint density at radius 2 is 1.86 bits per heavy atom. The fraction of sp³-hybridized carbons (Fsp3) is 0.278. The molecule has 0 saturated heterocycles. The maximum atomic E-state index is 12.3. The predicted molar refractivity (Wildman–Crippen MR) is 86.0 cm³/mol. The molecule has 1 heterocycles. The molecule has 0 spiro atoms. The van der Waals surface area contributed by atoms with E-state index in [4.69, 9.17) is 4.74 Å². The van der Waals surface area contributed by atoms with Crippen molar-refractivity contribution in [3.63, 3.8) is 0 Å². The second kappa shape index (κ2) is 6.81. The van der Waals surface area contributed by atoms with Gasteiger partial charge in [0.15, 0.2) is 11.9 Å². The van der Waals surface area contributed by atoms with Crippen molar-refractivity contribution in [1.29, 1.82) is 0 Å². The quantitative estimate of drug-likeness (QED) is 0.830. The van der Waals surface area contributed by atoms with Crippen LogP contribution in [0.2, 0.25) is 0 Å². The Morgan fingerprint density at radius 3 is 2.71 bits per heavy atom. The molecule has 0 amide bonds. The molecule has 2 aromatic carbocycles. The lowest BCUT2D eigenvalue weighted by atomic mass is 10.0. The Morgan fingerprint density at radius 1 is 1.10 bits per heavy atom. The molecule has 0 aliphatic carbocycles. The van der Waals surface area contributed by atoms with Crippen LogP contribution in [0.3, 0.4) is 0 Å². The van der Waals surface area contributed by atoms with Crippen molar-refractivity contribution in [3.8, 4) is 5.75 Å². The Kier molecular flexibility index (Phi) is 4.61. The van der Waals surface area contributed by atoms with Crippen molar-refractivity contribution < 1.29 is 9.53 Å². The van der Waals surface area contributed by atoms with E-state index in [2.05, 4.69) is 12.1 Å². The number of ketones is 1. The molecule has 3 rings (SSSR count). The van der Waals surface area contributed by atoms with Crippen LogP contribution < -0.4 is 4.74 Å². The third-order valence-corrected chi connectivity index (χ3v) is 4.72. The molecule has 0 aromatic heterocycles. The number of aryl methyl sites for hydroxylation is 1. The van der Waals surface area contributed by atoms with E-state index in [1.807, 2.05) is 42.5 Å². The van der Waals surface area contributed by atoms with E-state index in [1.165, 1.54) is 5.56 Å². The van der Waals surface area contributed by atoms with Gasteiger partial charge >= 0.3 is 0 Å². The molecule has 2 nitrogen and oxygen atoms in total. The lowest BCUT2D eigenvalue weighted by Crippen LogP contribution is -2.32. The highest BCUT2D eigenvalue weighted by atomic mass is 32.2. The maximum absolute atomic E-state index is 12.3. The minimum Gasteiger partial charge on any atom is -0.481 e. The number of hydrogen-bond donors (Lipinski definition) is 0. The van der Waals surface area contributed by atoms with Crippen LogP contribution in [0.25, 0.3) is 0 Å². The zero-order chi connectivity index (χ0) is 14.5. The molecule has 21 heavy (non-hydrogen) atoms. The standard InChI is InChI=1S/C18H18O2S/c19-15(10-6-9-14-7-2-1-3-8-14)17-13-21-18-12-5-4-11-16(18)20-17/h1-5,7-8,11-12,17H,6,9-10,13H2. The zero-order valence-corrected chi connectivity index (χ0v) is 12.6. The van der Waals surface area contributed by atoms with E-state index >= 15 is 0 Å². The highest BCUT2D eigenvalue weighted by Crippen LogP contribution is 2.35. The van der Waals surface area contributed by atoms with Crippen LogP contribution in [-0.4, -0.2) is 17.6 Å². The summed E-state index contributed by atoms with van der Waals surface area (Å²) >= 11 is 1.71. The van der Waals surface area contributed by atoms with Crippen LogP contribution in [0.1, 0.15) is 18.4 Å². The highest BCUT2D eigenvalue weighted by molar-refractivity contribution is 7.99. The number of rotatable bonds is 5. The van der Waals surface area contributed by atoms with E-state index in [1.54, 1.807) is 11.8 Å². The Labute approximate surface area is 129 Å². The van der Waals surface area contributed by atoms with Gasteiger partial charge in [0.05, 0.1) is 0 Å². The number of thioether (sulfide) groups is 1. The van der Waals surface area contributed by atoms with Gasteiger partial charge in [0.25, 0.3) is 0 Å². The van der Waals surface area contributed by atoms with Crippen LogP contribution in [0.5, 0.6) is 5.75 Å². The number of para-hydroxylation sites is 1. The molecule has 0 bridgehead atoms. The molecule has 0 saturated carbocycles. The zero-order valence-electron chi connectivity index (χ0n) is 11.8. The van der Waals surface area contributed by atoms with Gasteiger partial charge in [-0.2, -0.15) is 0 Å². The summed E-state index contributed by atoms with van der Waals surface area (Å²) in [6, 6.07) is 18.2. The van der Waals surface area contributed by atoms with Crippen LogP contribution in [-0.2, 0) is 11.2 Å². The first-order valence-electron chi connectivity index (χ1n) is 7.28. The van der Waals surface area contributed by atoms with Gasteiger partial charge in [-0.1, -0.05) is 42.5 Å². The molecule has 1 aliphatic heterocycles. The molecule has 1 unspecified atom stereocenters. The van der Waals surface area contributed by atoms with Gasteiger partial charge in [-0.05, 0) is 30.5 Å². The fourth-order valence-corrected chi connectivity index (χ4v) is 3.47. The molecule has 0 N–H and O–H groups in total. The molecule has 1 atom stereocenters. The largest absolute Gasteiger partial charge is 0.481 e. The van der Waals surface area contributed by atoms with Crippen LogP contribution in [0.4, 0.5) is 0 Å². The summed E-state index contributed by atoms with van der Waals surface area (Å²) in [4.78, 5) is 13.4. The van der Waals surface area contributed by atoms with Gasteiger partial charge in [-0.3, -0.25) is 4.79 Å². The highest BCUT2D eigenvalue weighted by Gasteiger charge is 2.25. The number of carbonyl (C=O) groups excluding carboxylic acids is 1. The topological polar surface area (TPSA) is 26.3 Å². The molecule has 2 aromatic rings. The van der Waals surface area contributed by atoms with E-state index in [-0.39, 0.29) is 11.9 Å². The normalized spacial score (nSPS) is 16.9. The molecule has 0 fully saturated rings. The average Bonchev–Trinajstić information content (AvgIpc) is 2.55. The second-order valence-electron chi connectivity index (χ2n) is 5.17. The number of Topliss-reactive ketones (excluding diaryl/α,β-unsaturated/α-hetero) is 1. The number of fused-ring (bicyclic) bond motifs is 1. The minimum absolute atomic E-state index is 0.216. The first-order valence-corrected chi connectivity index (χ1v) is 8.26.